The first-order valence-corrected chi connectivity index (χ1v) is 8.30. The van der Waals surface area contributed by atoms with Crippen LogP contribution in [0.3, 0.4) is 0 Å². The van der Waals surface area contributed by atoms with Crippen molar-refractivity contribution < 1.29 is 23.4 Å². The zero-order valence-electron chi connectivity index (χ0n) is 15.5. The summed E-state index contributed by atoms with van der Waals surface area (Å²) in [5.41, 5.74) is 0.648. The summed E-state index contributed by atoms with van der Waals surface area (Å²) in [6.45, 7) is 1.03. The van der Waals surface area contributed by atoms with Crippen LogP contribution >= 0.6 is 0 Å². The minimum absolute atomic E-state index is 0.0501. The standard InChI is InChI=1S/C18H19F2N5O3/c1-10-4-14(27-3)17(20)13(16(10)19)9-28-12-6-21-18(22-7-12)23-15-5-11(8-26)25(2)24-15/h4-7,26H,8-9H2,1-3H3,(H,21,22,23,24). The molecular weight excluding hydrogens is 372 g/mol. The molecule has 28 heavy (non-hydrogen) atoms. The monoisotopic (exact) mass is 391 g/mol. The Labute approximate surface area is 159 Å². The second kappa shape index (κ2) is 8.17. The van der Waals surface area contributed by atoms with Crippen molar-refractivity contribution in [1.29, 1.82) is 0 Å². The second-order valence-corrected chi connectivity index (χ2v) is 5.96. The Bertz CT molecular complexity index is 976. The van der Waals surface area contributed by atoms with E-state index in [0.29, 0.717) is 11.5 Å². The van der Waals surface area contributed by atoms with Crippen molar-refractivity contribution in [2.45, 2.75) is 20.1 Å². The highest BCUT2D eigenvalue weighted by Gasteiger charge is 2.18. The van der Waals surface area contributed by atoms with Gasteiger partial charge in [0.25, 0.3) is 0 Å². The third-order valence-corrected chi connectivity index (χ3v) is 4.05. The highest BCUT2D eigenvalue weighted by Crippen LogP contribution is 2.27. The zero-order valence-corrected chi connectivity index (χ0v) is 15.5. The summed E-state index contributed by atoms with van der Waals surface area (Å²) in [5, 5.41) is 16.2. The maximum Gasteiger partial charge on any atom is 0.228 e. The Kier molecular flexibility index (Phi) is 5.69. The molecule has 0 saturated carbocycles. The van der Waals surface area contributed by atoms with Gasteiger partial charge in [-0.1, -0.05) is 0 Å². The van der Waals surface area contributed by atoms with Gasteiger partial charge in [0.15, 0.2) is 23.1 Å². The molecule has 0 spiro atoms. The summed E-state index contributed by atoms with van der Waals surface area (Å²) in [5.74, 6) is -0.583. The fourth-order valence-electron chi connectivity index (χ4n) is 2.52. The Morgan fingerprint density at radius 3 is 2.50 bits per heavy atom. The minimum atomic E-state index is -0.806. The number of anilines is 2. The lowest BCUT2D eigenvalue weighted by atomic mass is 10.1. The van der Waals surface area contributed by atoms with Crippen LogP contribution in [0.5, 0.6) is 11.5 Å². The molecular formula is C18H19F2N5O3. The molecule has 2 N–H and O–H groups in total. The predicted molar refractivity (Wildman–Crippen MR) is 96.4 cm³/mol. The molecule has 0 aliphatic carbocycles. The first kappa shape index (κ1) is 19.5. The molecule has 0 amide bonds. The number of benzene rings is 1. The van der Waals surface area contributed by atoms with E-state index in [2.05, 4.69) is 20.4 Å². The van der Waals surface area contributed by atoms with Crippen LogP contribution < -0.4 is 14.8 Å². The van der Waals surface area contributed by atoms with Gasteiger partial charge in [0.2, 0.25) is 5.95 Å². The molecule has 8 nitrogen and oxygen atoms in total. The average Bonchev–Trinajstić information content (AvgIpc) is 3.05. The van der Waals surface area contributed by atoms with E-state index in [1.54, 1.807) is 13.1 Å². The third kappa shape index (κ3) is 4.01. The maximum atomic E-state index is 14.3. The zero-order chi connectivity index (χ0) is 20.3. The fraction of sp³-hybridized carbons (Fsp3) is 0.278. The van der Waals surface area contributed by atoms with Gasteiger partial charge in [0.05, 0.1) is 37.4 Å². The van der Waals surface area contributed by atoms with Gasteiger partial charge in [-0.25, -0.2) is 18.7 Å². The van der Waals surface area contributed by atoms with Crippen LogP contribution in [0.2, 0.25) is 0 Å². The Balaban J connectivity index is 1.69. The van der Waals surface area contributed by atoms with Crippen LogP contribution in [0.15, 0.2) is 24.5 Å². The van der Waals surface area contributed by atoms with Crippen molar-refractivity contribution in [1.82, 2.24) is 19.7 Å². The summed E-state index contributed by atoms with van der Waals surface area (Å²) in [4.78, 5) is 8.15. The van der Waals surface area contributed by atoms with Gasteiger partial charge in [-0.15, -0.1) is 0 Å². The largest absolute Gasteiger partial charge is 0.494 e. The molecule has 0 atom stereocenters. The van der Waals surface area contributed by atoms with E-state index >= 15 is 0 Å². The number of methoxy groups -OCH3 is 1. The predicted octanol–water partition coefficient (Wildman–Crippen LogP) is 2.62. The lowest BCUT2D eigenvalue weighted by Gasteiger charge is -2.12. The number of hydrogen-bond donors (Lipinski definition) is 2. The SMILES string of the molecule is COc1cc(C)c(F)c(COc2cnc(Nc3cc(CO)n(C)n3)nc2)c1F. The first-order valence-electron chi connectivity index (χ1n) is 8.30. The normalized spacial score (nSPS) is 10.8. The molecule has 0 unspecified atom stereocenters. The van der Waals surface area contributed by atoms with Crippen LogP contribution in [0.25, 0.3) is 0 Å². The van der Waals surface area contributed by atoms with Crippen LogP contribution in [0.1, 0.15) is 16.8 Å². The van der Waals surface area contributed by atoms with Crippen LogP contribution in [0.4, 0.5) is 20.5 Å². The number of halogens is 2. The first-order chi connectivity index (χ1) is 13.4. The molecule has 0 radical (unpaired) electrons. The average molecular weight is 391 g/mol. The maximum absolute atomic E-state index is 14.3. The van der Waals surface area contributed by atoms with E-state index in [1.807, 2.05) is 0 Å². The molecule has 0 bridgehead atoms. The quantitative estimate of drug-likeness (QED) is 0.639. The lowest BCUT2D eigenvalue weighted by Crippen LogP contribution is -2.06. The van der Waals surface area contributed by atoms with Gasteiger partial charge in [0, 0.05) is 13.1 Å². The van der Waals surface area contributed by atoms with Gasteiger partial charge in [-0.2, -0.15) is 5.10 Å². The number of rotatable bonds is 7. The minimum Gasteiger partial charge on any atom is -0.494 e. The van der Waals surface area contributed by atoms with E-state index in [9.17, 15) is 13.9 Å². The molecule has 0 aliphatic heterocycles. The number of aliphatic hydroxyl groups is 1. The molecule has 2 aromatic heterocycles. The molecule has 148 valence electrons. The van der Waals surface area contributed by atoms with E-state index in [0.717, 1.165) is 0 Å². The molecule has 0 fully saturated rings. The van der Waals surface area contributed by atoms with Crippen LogP contribution in [-0.2, 0) is 20.3 Å². The highest BCUT2D eigenvalue weighted by atomic mass is 19.1. The van der Waals surface area contributed by atoms with Gasteiger partial charge in [-0.3, -0.25) is 4.68 Å². The van der Waals surface area contributed by atoms with Gasteiger partial charge < -0.3 is 19.9 Å². The highest BCUT2D eigenvalue weighted by molar-refractivity contribution is 5.48. The van der Waals surface area contributed by atoms with Crippen molar-refractivity contribution in [3.8, 4) is 11.5 Å². The molecule has 3 aromatic rings. The molecule has 3 rings (SSSR count). The van der Waals surface area contributed by atoms with Crippen molar-refractivity contribution in [2.75, 3.05) is 12.4 Å². The summed E-state index contributed by atoms with van der Waals surface area (Å²) in [7, 11) is 3.01. The van der Waals surface area contributed by atoms with Gasteiger partial charge in [-0.05, 0) is 18.6 Å². The van der Waals surface area contributed by atoms with Crippen molar-refractivity contribution in [2.24, 2.45) is 7.05 Å². The van der Waals surface area contributed by atoms with Crippen molar-refractivity contribution >= 4 is 11.8 Å². The molecule has 0 aliphatic rings. The van der Waals surface area contributed by atoms with E-state index in [-0.39, 0.29) is 41.8 Å². The van der Waals surface area contributed by atoms with Crippen molar-refractivity contribution in [3.63, 3.8) is 0 Å². The van der Waals surface area contributed by atoms with E-state index in [1.165, 1.54) is 37.2 Å². The van der Waals surface area contributed by atoms with E-state index < -0.39 is 11.6 Å². The summed E-state index contributed by atoms with van der Waals surface area (Å²) in [6, 6.07) is 2.95. The number of nitrogens with one attached hydrogen (secondary N) is 1. The van der Waals surface area contributed by atoms with Crippen molar-refractivity contribution in [3.05, 3.63) is 53.0 Å². The molecule has 0 saturated heterocycles. The Morgan fingerprint density at radius 1 is 1.18 bits per heavy atom. The second-order valence-electron chi connectivity index (χ2n) is 5.96. The number of aliphatic hydroxyl groups excluding tert-OH is 1. The lowest BCUT2D eigenvalue weighted by molar-refractivity contribution is 0.270. The van der Waals surface area contributed by atoms with E-state index in [4.69, 9.17) is 9.47 Å². The van der Waals surface area contributed by atoms with Crippen LogP contribution in [0, 0.1) is 18.6 Å². The number of hydrogen-bond acceptors (Lipinski definition) is 7. The summed E-state index contributed by atoms with van der Waals surface area (Å²) in [6.07, 6.45) is 2.74. The topological polar surface area (TPSA) is 94.3 Å². The number of nitrogens with zero attached hydrogens (tertiary/aromatic N) is 4. The number of aromatic nitrogens is 4. The Morgan fingerprint density at radius 2 is 1.89 bits per heavy atom. The molecule has 10 heteroatoms. The fourth-order valence-corrected chi connectivity index (χ4v) is 2.52. The Hall–Kier alpha value is -3.27. The number of ether oxygens (including phenoxy) is 2. The summed E-state index contributed by atoms with van der Waals surface area (Å²) >= 11 is 0. The van der Waals surface area contributed by atoms with Gasteiger partial charge in [0.1, 0.15) is 12.4 Å². The number of aryl methyl sites for hydroxylation is 2. The molecule has 2 heterocycles. The van der Waals surface area contributed by atoms with Crippen LogP contribution in [-0.4, -0.2) is 32.0 Å². The smallest absolute Gasteiger partial charge is 0.228 e. The van der Waals surface area contributed by atoms with Gasteiger partial charge >= 0.3 is 0 Å². The summed E-state index contributed by atoms with van der Waals surface area (Å²) < 4.78 is 40.3. The third-order valence-electron chi connectivity index (χ3n) is 4.05. The molecule has 1 aromatic carbocycles.